The van der Waals surface area contributed by atoms with Crippen molar-refractivity contribution in [2.24, 2.45) is 0 Å². The van der Waals surface area contributed by atoms with E-state index in [1.54, 1.807) is 6.26 Å². The molecule has 0 amide bonds. The first-order valence-electron chi connectivity index (χ1n) is 1.11. The van der Waals surface area contributed by atoms with Gasteiger partial charge in [0.25, 0.3) is 0 Å². The molecule has 0 saturated carbocycles. The number of rotatable bonds is 0. The van der Waals surface area contributed by atoms with Crippen LogP contribution in [0.15, 0.2) is 0 Å². The fourth-order valence-electron chi connectivity index (χ4n) is 0. The zero-order valence-electron chi connectivity index (χ0n) is 4.03. The summed E-state index contributed by atoms with van der Waals surface area (Å²) in [6.07, 6.45) is 1.58. The molecule has 0 atom stereocenters. The van der Waals surface area contributed by atoms with Gasteiger partial charge in [-0.2, -0.15) is 14.7 Å². The van der Waals surface area contributed by atoms with Gasteiger partial charge in [-0.1, -0.05) is 0 Å². The Bertz CT molecular complexity index is 97.2. The molecule has 0 heterocycles. The van der Waals surface area contributed by atoms with E-state index in [-0.39, 0.29) is 31.1 Å². The Balaban J connectivity index is -0.0000000750. The number of hydrogen-bond acceptors (Lipinski definition) is 3. The maximum absolute atomic E-state index is 8.74. The van der Waals surface area contributed by atoms with Gasteiger partial charge in [-0.05, 0) is 0 Å². The van der Waals surface area contributed by atoms with E-state index in [1.807, 2.05) is 0 Å². The topological polar surface area (TPSA) is 74.6 Å². The van der Waals surface area contributed by atoms with Crippen molar-refractivity contribution in [1.29, 1.82) is 0 Å². The monoisotopic (exact) mass is 383 g/mol. The summed E-state index contributed by atoms with van der Waals surface area (Å²) in [5.74, 6) is 0. The average molecular weight is 383 g/mol. The smallest absolute Gasteiger partial charge is 0.394 e. The van der Waals surface area contributed by atoms with E-state index in [2.05, 4.69) is 12.6 Å². The Hall–Kier alpha value is 1.27. The van der Waals surface area contributed by atoms with Crippen molar-refractivity contribution in [3.8, 4) is 0 Å². The summed E-state index contributed by atoms with van der Waals surface area (Å²) in [5.41, 5.74) is 0. The van der Waals surface area contributed by atoms with Crippen molar-refractivity contribution in [1.82, 2.24) is 0 Å². The van der Waals surface area contributed by atoms with Crippen LogP contribution in [0.5, 0.6) is 0 Å². The van der Waals surface area contributed by atoms with Gasteiger partial charge in [0.15, 0.2) is 0 Å². The van der Waals surface area contributed by atoms with Gasteiger partial charge < -0.3 is 12.6 Å². The molecule has 7 heteroatoms. The van der Waals surface area contributed by atoms with E-state index in [0.717, 1.165) is 0 Å². The summed E-state index contributed by atoms with van der Waals surface area (Å²) in [6.45, 7) is 0. The third kappa shape index (κ3) is 177. The summed E-state index contributed by atoms with van der Waals surface area (Å²) in [4.78, 5) is 0. The van der Waals surface area contributed by atoms with Gasteiger partial charge in [-0.25, -0.2) is 0 Å². The van der Waals surface area contributed by atoms with Crippen LogP contribution >= 0.6 is 0 Å². The molecule has 0 aromatic carbocycles. The van der Waals surface area contributed by atoms with E-state index in [1.165, 1.54) is 0 Å². The van der Waals surface area contributed by atoms with Crippen molar-refractivity contribution in [2.45, 2.75) is 0 Å². The van der Waals surface area contributed by atoms with Gasteiger partial charge in [0.1, 0.15) is 0 Å². The van der Waals surface area contributed by atoms with Crippen LogP contribution in [0.3, 0.4) is 0 Å². The molecule has 8 heavy (non-hydrogen) atoms. The van der Waals surface area contributed by atoms with Crippen LogP contribution in [0.1, 0.15) is 0 Å². The molecule has 0 saturated heterocycles. The Labute approximate surface area is 77.4 Å². The molecule has 0 bridgehead atoms. The Kier molecular flexibility index (Phi) is 16.7. The van der Waals surface area contributed by atoms with Crippen LogP contribution in [0, 0.1) is 31.1 Å². The summed E-state index contributed by atoms with van der Waals surface area (Å²) < 4.78 is 31.6. The number of hydrogen-bond donors (Lipinski definition) is 2. The van der Waals surface area contributed by atoms with Crippen molar-refractivity contribution in [2.75, 3.05) is 6.26 Å². The van der Waals surface area contributed by atoms with Crippen molar-refractivity contribution < 1.29 is 48.6 Å². The van der Waals surface area contributed by atoms with Crippen LogP contribution in [0.2, 0.25) is 0 Å². The molecule has 0 unspecified atom stereocenters. The van der Waals surface area contributed by atoms with Crippen molar-refractivity contribution >= 4 is 23.0 Å². The first-order chi connectivity index (χ1) is 3.00. The summed E-state index contributed by atoms with van der Waals surface area (Å²) in [6, 6.07) is 0. The summed E-state index contributed by atoms with van der Waals surface area (Å²) >= 11 is 4.08. The molecule has 0 aliphatic rings. The SMILES string of the molecule is C[S-].O=S(=O)(O)O.[U]. The Morgan fingerprint density at radius 1 is 1.25 bits per heavy atom. The molecule has 0 rings (SSSR count). The van der Waals surface area contributed by atoms with E-state index >= 15 is 0 Å². The quantitative estimate of drug-likeness (QED) is 0.436. The normalized spacial score (nSPS) is 8.00. The van der Waals surface area contributed by atoms with E-state index < -0.39 is 10.4 Å². The zero-order chi connectivity index (χ0) is 6.50. The predicted octanol–water partition coefficient (Wildman–Crippen LogP) is -0.490. The average Bonchev–Trinajstić information content (AvgIpc) is 1.36. The van der Waals surface area contributed by atoms with Crippen LogP contribution in [-0.2, 0) is 23.0 Å². The Morgan fingerprint density at radius 3 is 1.25 bits per heavy atom. The van der Waals surface area contributed by atoms with Gasteiger partial charge >= 0.3 is 10.4 Å². The minimum Gasteiger partial charge on any atom is -0.796 e. The van der Waals surface area contributed by atoms with Gasteiger partial charge in [0.2, 0.25) is 0 Å². The van der Waals surface area contributed by atoms with Crippen molar-refractivity contribution in [3.05, 3.63) is 0 Å². The molecular weight excluding hydrogens is 378 g/mol. The molecule has 4 nitrogen and oxygen atoms in total. The van der Waals surface area contributed by atoms with E-state index in [0.29, 0.717) is 0 Å². The molecule has 2 N–H and O–H groups in total. The zero-order valence-corrected chi connectivity index (χ0v) is 9.82. The van der Waals surface area contributed by atoms with E-state index in [4.69, 9.17) is 17.5 Å². The molecule has 0 aromatic heterocycles. The molecule has 0 aliphatic heterocycles. The standard InChI is InChI=1S/CH4S.H2O4S.U/c1-2;1-5(2,3)4;/h2H,1H3;(H2,1,2,3,4);/p-1. The summed E-state index contributed by atoms with van der Waals surface area (Å²) in [7, 11) is -4.67. The molecule has 0 aromatic rings. The van der Waals surface area contributed by atoms with Crippen LogP contribution < -0.4 is 0 Å². The molecular formula is CH5O4S2U-. The minimum absolute atomic E-state index is 0. The second kappa shape index (κ2) is 8.27. The minimum atomic E-state index is -4.67. The maximum atomic E-state index is 8.74. The van der Waals surface area contributed by atoms with Gasteiger partial charge in [0.05, 0.1) is 0 Å². The molecule has 0 radical (unpaired) electrons. The predicted molar refractivity (Wildman–Crippen MR) is 27.5 cm³/mol. The molecule has 0 fully saturated rings. The van der Waals surface area contributed by atoms with Gasteiger partial charge in [-0.3, -0.25) is 9.11 Å². The fraction of sp³-hybridized carbons (Fsp3) is 1.00. The van der Waals surface area contributed by atoms with Crippen LogP contribution in [-0.4, -0.2) is 23.8 Å². The molecule has 0 spiro atoms. The second-order valence-electron chi connectivity index (χ2n) is 0.448. The Morgan fingerprint density at radius 2 is 1.25 bits per heavy atom. The third-order valence-electron chi connectivity index (χ3n) is 0. The van der Waals surface area contributed by atoms with Gasteiger partial charge in [-0.15, -0.1) is 0 Å². The summed E-state index contributed by atoms with van der Waals surface area (Å²) in [5, 5.41) is 0. The molecule has 0 aliphatic carbocycles. The third-order valence-corrected chi connectivity index (χ3v) is 0. The molecule has 50 valence electrons. The first-order valence-corrected chi connectivity index (χ1v) is 3.32. The maximum Gasteiger partial charge on any atom is 0.394 e. The first kappa shape index (κ1) is 16.1. The van der Waals surface area contributed by atoms with Gasteiger partial charge in [0, 0.05) is 31.1 Å². The van der Waals surface area contributed by atoms with Crippen LogP contribution in [0.4, 0.5) is 0 Å². The van der Waals surface area contributed by atoms with Crippen LogP contribution in [0.25, 0.3) is 0 Å². The largest absolute Gasteiger partial charge is 0.796 e. The second-order valence-corrected chi connectivity index (χ2v) is 1.34. The van der Waals surface area contributed by atoms with Crippen molar-refractivity contribution in [3.63, 3.8) is 0 Å². The van der Waals surface area contributed by atoms with E-state index in [9.17, 15) is 0 Å². The fourth-order valence-corrected chi connectivity index (χ4v) is 0.